The summed E-state index contributed by atoms with van der Waals surface area (Å²) in [7, 11) is 0. The first-order valence-corrected chi connectivity index (χ1v) is 23.5. The van der Waals surface area contributed by atoms with Gasteiger partial charge in [0.05, 0.1) is 49.2 Å². The number of aliphatic hydroxyl groups excluding tert-OH is 1. The molecule has 73 heavy (non-hydrogen) atoms. The molecule has 0 bridgehead atoms. The summed E-state index contributed by atoms with van der Waals surface area (Å²) in [4.78, 5) is 27.0. The van der Waals surface area contributed by atoms with Crippen LogP contribution in [0.2, 0.25) is 0 Å². The fraction of sp³-hybridized carbons (Fsp3) is 0.250. The Kier molecular flexibility index (Phi) is 17.7. The number of halogens is 5. The zero-order valence-corrected chi connectivity index (χ0v) is 42.8. The highest BCUT2D eigenvalue weighted by Crippen LogP contribution is 2.34. The Labute approximate surface area is 431 Å². The molecule has 376 valence electrons. The highest BCUT2D eigenvalue weighted by atomic mass is 79.9. The van der Waals surface area contributed by atoms with E-state index >= 15 is 0 Å². The molecular weight excluding hydrogens is 1090 g/mol. The summed E-state index contributed by atoms with van der Waals surface area (Å²) < 4.78 is 53.9. The number of nitrogens with zero attached hydrogens (tertiary/aromatic N) is 14. The maximum Gasteiger partial charge on any atom is 0.406 e. The Bertz CT molecular complexity index is 3380. The first kappa shape index (κ1) is 54.2. The van der Waals surface area contributed by atoms with Crippen LogP contribution in [0.3, 0.4) is 0 Å². The van der Waals surface area contributed by atoms with E-state index in [4.69, 9.17) is 4.74 Å². The molecule has 8 aromatic rings. The second kappa shape index (κ2) is 23.9. The highest BCUT2D eigenvalue weighted by Gasteiger charge is 2.24. The molecule has 0 unspecified atom stereocenters. The van der Waals surface area contributed by atoms with E-state index < -0.39 is 51.1 Å². The molecule has 0 saturated carbocycles. The lowest BCUT2D eigenvalue weighted by Crippen LogP contribution is -2.12. The van der Waals surface area contributed by atoms with Gasteiger partial charge in [-0.05, 0) is 154 Å². The first-order valence-electron chi connectivity index (χ1n) is 21.9. The summed E-state index contributed by atoms with van der Waals surface area (Å²) in [5, 5.41) is 67.9. The lowest BCUT2D eigenvalue weighted by molar-refractivity contribution is -0.392. The third-order valence-corrected chi connectivity index (χ3v) is 11.4. The molecule has 6 heterocycles. The number of hydrogen-bond donors (Lipinski definition) is 1. The van der Waals surface area contributed by atoms with Gasteiger partial charge in [-0.2, -0.15) is 35.3 Å². The van der Waals surface area contributed by atoms with Gasteiger partial charge in [0.25, 0.3) is 0 Å². The van der Waals surface area contributed by atoms with E-state index in [9.17, 15) is 49.0 Å². The van der Waals surface area contributed by atoms with Crippen molar-refractivity contribution in [1.29, 1.82) is 10.5 Å². The standard InChI is InChI=1S/C24H21BrFN7O3.C19H20FN5O.C5H2BrFN2O2/c1-14(2)31-20(12-27)11-18(30-31)10-19-6-7-29-32(19)22-5-4-17(26)9-21(22)15(3)36-23-8-16(25)13-28-24(23)33(34)35;1-12(2)24-17(11-21)10-15(23-24)9-16-6-7-22-25(16)19-5-4-14(20)8-18(19)13(3)26;6-3-1-4(7)5(8-2-3)9(10)11/h4-9,11,13-15H,10H2,1-3H3;4-8,10,12-13,26H,9H2,1-3H3;1-2H/t15-;13-;/m11./s1. The van der Waals surface area contributed by atoms with Crippen LogP contribution in [-0.4, -0.2) is 64.0 Å². The first-order chi connectivity index (χ1) is 34.7. The van der Waals surface area contributed by atoms with Crippen LogP contribution in [0, 0.1) is 60.3 Å². The third kappa shape index (κ3) is 13.2. The summed E-state index contributed by atoms with van der Waals surface area (Å²) in [5.74, 6) is -3.10. The molecule has 6 aromatic heterocycles. The highest BCUT2D eigenvalue weighted by molar-refractivity contribution is 9.10. The molecule has 0 radical (unpaired) electrons. The number of pyridine rings is 2. The topological polar surface area (TPSA) is 260 Å². The minimum atomic E-state index is -0.940. The van der Waals surface area contributed by atoms with Gasteiger partial charge in [0.2, 0.25) is 11.6 Å². The Hall–Kier alpha value is -8.13. The SMILES string of the molecule is CC(C)n1nc(Cc2ccnn2-c2ccc(F)cc2[C@@H](C)O)cc1C#N.CC(C)n1nc(Cc2ccnn2-c2ccc(F)cc2[C@@H](C)Oc2cc(Br)cnc2[N+](=O)[O-])cc1C#N.O=[N+]([O-])c1ncc(Br)cc1F. The Balaban J connectivity index is 0.000000204. The Morgan fingerprint density at radius 3 is 1.55 bits per heavy atom. The predicted octanol–water partition coefficient (Wildman–Crippen LogP) is 10.7. The van der Waals surface area contributed by atoms with Gasteiger partial charge in [-0.1, -0.05) is 0 Å². The molecule has 2 atom stereocenters. The molecule has 1 N–H and O–H groups in total. The van der Waals surface area contributed by atoms with E-state index in [1.807, 2.05) is 39.8 Å². The molecule has 25 heteroatoms. The zero-order valence-electron chi connectivity index (χ0n) is 39.6. The summed E-state index contributed by atoms with van der Waals surface area (Å²) in [5.41, 5.74) is 6.03. The van der Waals surface area contributed by atoms with Crippen LogP contribution in [0.4, 0.5) is 24.8 Å². The van der Waals surface area contributed by atoms with Crippen LogP contribution in [0.25, 0.3) is 11.4 Å². The minimum Gasteiger partial charge on any atom is -0.478 e. The van der Waals surface area contributed by atoms with E-state index in [0.29, 0.717) is 61.4 Å². The average molecular weight is 1130 g/mol. The molecule has 0 amide bonds. The molecule has 2 aromatic carbocycles. The van der Waals surface area contributed by atoms with Gasteiger partial charge < -0.3 is 30.1 Å². The number of ether oxygens (including phenoxy) is 1. The van der Waals surface area contributed by atoms with Gasteiger partial charge in [-0.15, -0.1) is 0 Å². The molecule has 0 aliphatic carbocycles. The maximum absolute atomic E-state index is 14.3. The summed E-state index contributed by atoms with van der Waals surface area (Å²) in [6.45, 7) is 11.1. The number of aromatic nitrogens is 10. The average Bonchev–Trinajstić information content (AvgIpc) is 4.17. The molecule has 0 saturated heterocycles. The van der Waals surface area contributed by atoms with Gasteiger partial charge in [0.1, 0.15) is 41.3 Å². The van der Waals surface area contributed by atoms with Crippen molar-refractivity contribution in [3.8, 4) is 29.3 Å². The number of hydrogen-bond acceptors (Lipinski definition) is 14. The van der Waals surface area contributed by atoms with Gasteiger partial charge in [-0.3, -0.25) is 9.36 Å². The van der Waals surface area contributed by atoms with Crippen molar-refractivity contribution < 1.29 is 32.9 Å². The van der Waals surface area contributed by atoms with Gasteiger partial charge in [0, 0.05) is 60.6 Å². The Morgan fingerprint density at radius 1 is 0.671 bits per heavy atom. The second-order valence-corrected chi connectivity index (χ2v) is 18.3. The lowest BCUT2D eigenvalue weighted by Gasteiger charge is -2.19. The Morgan fingerprint density at radius 2 is 1.12 bits per heavy atom. The molecule has 8 rings (SSSR count). The van der Waals surface area contributed by atoms with Gasteiger partial charge in [-0.25, -0.2) is 18.1 Å². The summed E-state index contributed by atoms with van der Waals surface area (Å²) in [6.07, 6.45) is 4.96. The normalized spacial score (nSPS) is 11.7. The molecule has 0 aliphatic heterocycles. The van der Waals surface area contributed by atoms with E-state index in [-0.39, 0.29) is 17.8 Å². The number of aliphatic hydroxyl groups is 1. The monoisotopic (exact) mass is 1130 g/mol. The van der Waals surface area contributed by atoms with Crippen molar-refractivity contribution in [2.45, 2.75) is 78.7 Å². The number of nitro groups is 2. The van der Waals surface area contributed by atoms with E-state index in [1.165, 1.54) is 42.7 Å². The molecule has 0 fully saturated rings. The molecule has 0 aliphatic rings. The number of nitriles is 2. The van der Waals surface area contributed by atoms with Gasteiger partial charge >= 0.3 is 11.6 Å². The van der Waals surface area contributed by atoms with Crippen LogP contribution >= 0.6 is 31.9 Å². The molecular formula is C48H43Br2F3N14O6. The van der Waals surface area contributed by atoms with Crippen molar-refractivity contribution in [3.63, 3.8) is 0 Å². The largest absolute Gasteiger partial charge is 0.478 e. The van der Waals surface area contributed by atoms with Crippen molar-refractivity contribution in [1.82, 2.24) is 49.1 Å². The van der Waals surface area contributed by atoms with E-state index in [0.717, 1.165) is 23.1 Å². The predicted molar refractivity (Wildman–Crippen MR) is 264 cm³/mol. The third-order valence-electron chi connectivity index (χ3n) is 10.5. The molecule has 0 spiro atoms. The fourth-order valence-corrected chi connectivity index (χ4v) is 7.89. The van der Waals surface area contributed by atoms with E-state index in [2.05, 4.69) is 74.4 Å². The fourth-order valence-electron chi connectivity index (χ4n) is 7.28. The summed E-state index contributed by atoms with van der Waals surface area (Å²) >= 11 is 6.16. The number of benzene rings is 2. The lowest BCUT2D eigenvalue weighted by atomic mass is 10.1. The number of rotatable bonds is 14. The van der Waals surface area contributed by atoms with Gasteiger partial charge in [0.15, 0.2) is 12.4 Å². The van der Waals surface area contributed by atoms with E-state index in [1.54, 1.807) is 69.2 Å². The van der Waals surface area contributed by atoms with Crippen LogP contribution in [0.1, 0.15) is 111 Å². The van der Waals surface area contributed by atoms with Crippen molar-refractivity contribution in [2.75, 3.05) is 0 Å². The quantitative estimate of drug-likeness (QED) is 0.0784. The molecule has 20 nitrogen and oxygen atoms in total. The van der Waals surface area contributed by atoms with Crippen LogP contribution in [0.5, 0.6) is 5.75 Å². The van der Waals surface area contributed by atoms with Crippen molar-refractivity contribution in [3.05, 3.63) is 189 Å². The minimum absolute atomic E-state index is 0.0246. The van der Waals surface area contributed by atoms with Crippen LogP contribution in [0.15, 0.2) is 107 Å². The smallest absolute Gasteiger partial charge is 0.406 e. The second-order valence-electron chi connectivity index (χ2n) is 16.5. The van der Waals surface area contributed by atoms with Crippen LogP contribution < -0.4 is 4.74 Å². The zero-order chi connectivity index (χ0) is 53.3. The van der Waals surface area contributed by atoms with Crippen molar-refractivity contribution in [2.24, 2.45) is 0 Å². The van der Waals surface area contributed by atoms with Crippen molar-refractivity contribution >= 4 is 43.5 Å². The summed E-state index contributed by atoms with van der Waals surface area (Å²) in [6, 6.07) is 22.4. The van der Waals surface area contributed by atoms with Crippen LogP contribution in [-0.2, 0) is 12.8 Å². The maximum atomic E-state index is 14.3.